The SMILES string of the molecule is COc1cc(C)c(S(=O)(=O)N(C)Cc2cc(C(=O)NCc3ccc(NCc4ccccn4)cc3)co2)c(C)c1. The van der Waals surface area contributed by atoms with Crippen molar-refractivity contribution in [3.63, 3.8) is 0 Å². The van der Waals surface area contributed by atoms with Crippen molar-refractivity contribution >= 4 is 21.6 Å². The summed E-state index contributed by atoms with van der Waals surface area (Å²) in [5.41, 5.74) is 4.34. The number of anilines is 1. The summed E-state index contributed by atoms with van der Waals surface area (Å²) in [4.78, 5) is 17.2. The Morgan fingerprint density at radius 3 is 2.38 bits per heavy atom. The molecule has 0 aliphatic carbocycles. The Morgan fingerprint density at radius 1 is 1.03 bits per heavy atom. The van der Waals surface area contributed by atoms with Crippen molar-refractivity contribution in [1.82, 2.24) is 14.6 Å². The molecule has 0 aliphatic heterocycles. The van der Waals surface area contributed by atoms with Crippen LogP contribution in [0.15, 0.2) is 82.4 Å². The Balaban J connectivity index is 1.32. The van der Waals surface area contributed by atoms with Crippen molar-refractivity contribution in [2.45, 2.75) is 38.4 Å². The largest absolute Gasteiger partial charge is 0.497 e. The van der Waals surface area contributed by atoms with Gasteiger partial charge in [-0.3, -0.25) is 9.78 Å². The van der Waals surface area contributed by atoms with E-state index in [1.807, 2.05) is 42.5 Å². The molecule has 0 fully saturated rings. The molecule has 0 bridgehead atoms. The van der Waals surface area contributed by atoms with Gasteiger partial charge in [0.05, 0.1) is 36.4 Å². The van der Waals surface area contributed by atoms with Crippen molar-refractivity contribution in [2.24, 2.45) is 0 Å². The first-order chi connectivity index (χ1) is 18.7. The molecule has 2 aromatic carbocycles. The quantitative estimate of drug-likeness (QED) is 0.280. The molecule has 39 heavy (non-hydrogen) atoms. The van der Waals surface area contributed by atoms with Gasteiger partial charge in [0.25, 0.3) is 5.91 Å². The highest BCUT2D eigenvalue weighted by Crippen LogP contribution is 2.28. The highest BCUT2D eigenvalue weighted by atomic mass is 32.2. The summed E-state index contributed by atoms with van der Waals surface area (Å²) < 4.78 is 38.5. The number of pyridine rings is 1. The minimum Gasteiger partial charge on any atom is -0.497 e. The van der Waals surface area contributed by atoms with E-state index in [1.54, 1.807) is 45.4 Å². The van der Waals surface area contributed by atoms with Gasteiger partial charge in [-0.25, -0.2) is 8.42 Å². The van der Waals surface area contributed by atoms with Crippen LogP contribution in [0.4, 0.5) is 5.69 Å². The van der Waals surface area contributed by atoms with Crippen molar-refractivity contribution in [3.05, 3.63) is 107 Å². The molecule has 204 valence electrons. The van der Waals surface area contributed by atoms with E-state index >= 15 is 0 Å². The van der Waals surface area contributed by atoms with Crippen LogP contribution in [0.1, 0.15) is 38.5 Å². The summed E-state index contributed by atoms with van der Waals surface area (Å²) in [7, 11) is -0.774. The number of methoxy groups -OCH3 is 1. The average Bonchev–Trinajstić information content (AvgIpc) is 3.39. The van der Waals surface area contributed by atoms with E-state index in [0.717, 1.165) is 16.9 Å². The molecule has 0 saturated carbocycles. The molecule has 0 radical (unpaired) electrons. The number of carbonyl (C=O) groups excluding carboxylic acids is 1. The van der Waals surface area contributed by atoms with Crippen molar-refractivity contribution in [3.8, 4) is 5.75 Å². The van der Waals surface area contributed by atoms with Gasteiger partial charge < -0.3 is 19.8 Å². The third-order valence-electron chi connectivity index (χ3n) is 6.24. The van der Waals surface area contributed by atoms with Gasteiger partial charge in [0.2, 0.25) is 10.0 Å². The maximum absolute atomic E-state index is 13.3. The highest BCUT2D eigenvalue weighted by Gasteiger charge is 2.26. The summed E-state index contributed by atoms with van der Waals surface area (Å²) in [6, 6.07) is 18.5. The molecule has 0 aliphatic rings. The highest BCUT2D eigenvalue weighted by molar-refractivity contribution is 7.89. The van der Waals surface area contributed by atoms with E-state index in [0.29, 0.717) is 41.3 Å². The molecule has 2 N–H and O–H groups in total. The average molecular weight is 549 g/mol. The Morgan fingerprint density at radius 2 is 1.74 bits per heavy atom. The summed E-state index contributed by atoms with van der Waals surface area (Å²) in [5, 5.41) is 6.18. The first-order valence-corrected chi connectivity index (χ1v) is 13.8. The number of hydrogen-bond donors (Lipinski definition) is 2. The smallest absolute Gasteiger partial charge is 0.254 e. The van der Waals surface area contributed by atoms with E-state index < -0.39 is 10.0 Å². The second-order valence-corrected chi connectivity index (χ2v) is 11.2. The van der Waals surface area contributed by atoms with Crippen molar-refractivity contribution < 1.29 is 22.4 Å². The fourth-order valence-corrected chi connectivity index (χ4v) is 5.74. The van der Waals surface area contributed by atoms with Gasteiger partial charge >= 0.3 is 0 Å². The molecule has 10 heteroatoms. The molecule has 9 nitrogen and oxygen atoms in total. The molecular weight excluding hydrogens is 516 g/mol. The number of ether oxygens (including phenoxy) is 1. The minimum absolute atomic E-state index is 0.0204. The molecule has 0 spiro atoms. The summed E-state index contributed by atoms with van der Waals surface area (Å²) in [6.07, 6.45) is 3.09. The molecule has 2 heterocycles. The van der Waals surface area contributed by atoms with Gasteiger partial charge in [0.1, 0.15) is 17.8 Å². The number of carbonyl (C=O) groups is 1. The first-order valence-electron chi connectivity index (χ1n) is 12.4. The van der Waals surface area contributed by atoms with E-state index in [1.165, 1.54) is 17.6 Å². The van der Waals surface area contributed by atoms with Gasteiger partial charge in [-0.1, -0.05) is 18.2 Å². The Bertz CT molecular complexity index is 1510. The van der Waals surface area contributed by atoms with Gasteiger partial charge in [0.15, 0.2) is 0 Å². The lowest BCUT2D eigenvalue weighted by molar-refractivity contribution is 0.0950. The Kier molecular flexibility index (Phi) is 8.68. The topological polar surface area (TPSA) is 114 Å². The fraction of sp³-hybridized carbons (Fsp3) is 0.241. The molecule has 0 atom stereocenters. The standard InChI is InChI=1S/C29H32N4O5S/c1-20-13-26(37-4)14-21(2)28(20)39(35,36)33(3)18-27-15-23(19-38-27)29(34)32-16-22-8-10-24(11-9-22)31-17-25-7-5-6-12-30-25/h5-15,19,31H,16-18H2,1-4H3,(H,32,34). The van der Waals surface area contributed by atoms with Crippen molar-refractivity contribution in [1.29, 1.82) is 0 Å². The van der Waals surface area contributed by atoms with Crippen LogP contribution in [0.3, 0.4) is 0 Å². The van der Waals surface area contributed by atoms with Crippen LogP contribution >= 0.6 is 0 Å². The van der Waals surface area contributed by atoms with Crippen molar-refractivity contribution in [2.75, 3.05) is 19.5 Å². The normalized spacial score (nSPS) is 11.4. The molecule has 0 unspecified atom stereocenters. The third-order valence-corrected chi connectivity index (χ3v) is 8.35. The summed E-state index contributed by atoms with van der Waals surface area (Å²) >= 11 is 0. The predicted octanol–water partition coefficient (Wildman–Crippen LogP) is 4.66. The van der Waals surface area contributed by atoms with Crippen LogP contribution < -0.4 is 15.4 Å². The lowest BCUT2D eigenvalue weighted by Crippen LogP contribution is -2.27. The number of rotatable bonds is 11. The number of aromatic nitrogens is 1. The number of hydrogen-bond acceptors (Lipinski definition) is 7. The van der Waals surface area contributed by atoms with Crippen LogP contribution in [-0.2, 0) is 29.7 Å². The predicted molar refractivity (Wildman–Crippen MR) is 149 cm³/mol. The maximum atomic E-state index is 13.3. The van der Waals surface area contributed by atoms with E-state index in [-0.39, 0.29) is 17.3 Å². The Hall–Kier alpha value is -4.15. The van der Waals surface area contributed by atoms with Crippen LogP contribution in [-0.4, -0.2) is 37.8 Å². The van der Waals surface area contributed by atoms with E-state index in [9.17, 15) is 13.2 Å². The van der Waals surface area contributed by atoms with E-state index in [4.69, 9.17) is 9.15 Å². The molecule has 4 aromatic rings. The second-order valence-electron chi connectivity index (χ2n) is 9.21. The zero-order valence-electron chi connectivity index (χ0n) is 22.4. The number of aryl methyl sites for hydroxylation is 2. The molecule has 2 aromatic heterocycles. The van der Waals surface area contributed by atoms with Gasteiger partial charge in [-0.2, -0.15) is 4.31 Å². The molecule has 0 saturated heterocycles. The minimum atomic E-state index is -3.80. The van der Waals surface area contributed by atoms with Crippen LogP contribution in [0, 0.1) is 13.8 Å². The maximum Gasteiger partial charge on any atom is 0.254 e. The number of nitrogens with one attached hydrogen (secondary N) is 2. The number of nitrogens with zero attached hydrogens (tertiary/aromatic N) is 2. The number of sulfonamides is 1. The van der Waals surface area contributed by atoms with Crippen LogP contribution in [0.5, 0.6) is 5.75 Å². The summed E-state index contributed by atoms with van der Waals surface area (Å²) in [5.74, 6) is 0.648. The fourth-order valence-electron chi connectivity index (χ4n) is 4.20. The third kappa shape index (κ3) is 6.84. The number of benzene rings is 2. The number of amides is 1. The van der Waals surface area contributed by atoms with Gasteiger partial charge in [-0.05, 0) is 73.0 Å². The second kappa shape index (κ2) is 12.1. The first kappa shape index (κ1) is 27.9. The van der Waals surface area contributed by atoms with E-state index in [2.05, 4.69) is 15.6 Å². The monoisotopic (exact) mass is 548 g/mol. The van der Waals surface area contributed by atoms with Crippen LogP contribution in [0.25, 0.3) is 0 Å². The van der Waals surface area contributed by atoms with Gasteiger partial charge in [0, 0.05) is 25.5 Å². The zero-order valence-corrected chi connectivity index (χ0v) is 23.2. The van der Waals surface area contributed by atoms with Crippen LogP contribution in [0.2, 0.25) is 0 Å². The zero-order chi connectivity index (χ0) is 28.0. The molecule has 4 rings (SSSR count). The van der Waals surface area contributed by atoms with Gasteiger partial charge in [-0.15, -0.1) is 0 Å². The summed E-state index contributed by atoms with van der Waals surface area (Å²) in [6.45, 7) is 4.41. The lowest BCUT2D eigenvalue weighted by atomic mass is 10.1. The number of furan rings is 1. The lowest BCUT2D eigenvalue weighted by Gasteiger charge is -2.19. The molecule has 1 amide bonds. The Labute approximate surface area is 228 Å². The molecular formula is C29H32N4O5S.